The molecular formula is C16H27N5O3. The number of aliphatic hydroxyl groups is 1. The Hall–Kier alpha value is -1.93. The third kappa shape index (κ3) is 5.04. The molecule has 8 heteroatoms. The van der Waals surface area contributed by atoms with Gasteiger partial charge in [0.15, 0.2) is 0 Å². The van der Waals surface area contributed by atoms with Crippen molar-refractivity contribution < 1.29 is 14.7 Å². The highest BCUT2D eigenvalue weighted by Crippen LogP contribution is 2.11. The lowest BCUT2D eigenvalue weighted by Gasteiger charge is -2.36. The number of β-amino-alcohol motifs (C(OH)–C–C–N with tert-alkyl or cyclic N) is 1. The first kappa shape index (κ1) is 18.4. The molecule has 1 aromatic heterocycles. The van der Waals surface area contributed by atoms with E-state index in [9.17, 15) is 14.7 Å². The van der Waals surface area contributed by atoms with E-state index >= 15 is 0 Å². The molecule has 0 aromatic carbocycles. The Morgan fingerprint density at radius 1 is 1.46 bits per heavy atom. The van der Waals surface area contributed by atoms with E-state index in [1.807, 2.05) is 17.9 Å². The standard InChI is InChI=1S/C16H27N5O3/c1-12-4-7-17-21(12)9-6-15(23)18-13-5-8-20(10-14(13)22)11-16(24)19(2)3/h4,7,13-14,22H,5-6,8-11H2,1-3H3,(H,18,23)/t13-,14-/m1/s1. The second kappa shape index (κ2) is 8.25. The molecule has 24 heavy (non-hydrogen) atoms. The van der Waals surface area contributed by atoms with E-state index in [0.29, 0.717) is 39.0 Å². The van der Waals surface area contributed by atoms with Gasteiger partial charge in [-0.05, 0) is 19.4 Å². The van der Waals surface area contributed by atoms with Crippen molar-refractivity contribution in [2.24, 2.45) is 0 Å². The van der Waals surface area contributed by atoms with Crippen LogP contribution in [0.4, 0.5) is 0 Å². The van der Waals surface area contributed by atoms with Gasteiger partial charge in [0.1, 0.15) is 0 Å². The maximum absolute atomic E-state index is 12.1. The molecule has 1 aromatic rings. The second-order valence-electron chi connectivity index (χ2n) is 6.50. The number of hydrogen-bond donors (Lipinski definition) is 2. The van der Waals surface area contributed by atoms with Gasteiger partial charge >= 0.3 is 0 Å². The van der Waals surface area contributed by atoms with E-state index in [2.05, 4.69) is 10.4 Å². The summed E-state index contributed by atoms with van der Waals surface area (Å²) >= 11 is 0. The van der Waals surface area contributed by atoms with E-state index in [0.717, 1.165) is 5.69 Å². The van der Waals surface area contributed by atoms with E-state index in [4.69, 9.17) is 0 Å². The van der Waals surface area contributed by atoms with Gasteiger partial charge in [-0.25, -0.2) is 0 Å². The molecule has 2 atom stereocenters. The molecule has 8 nitrogen and oxygen atoms in total. The van der Waals surface area contributed by atoms with Crippen molar-refractivity contribution >= 4 is 11.8 Å². The maximum Gasteiger partial charge on any atom is 0.236 e. The molecule has 0 spiro atoms. The summed E-state index contributed by atoms with van der Waals surface area (Å²) in [7, 11) is 3.43. The number of aromatic nitrogens is 2. The SMILES string of the molecule is Cc1ccnn1CCC(=O)N[C@@H]1CCN(CC(=O)N(C)C)C[C@H]1O. The van der Waals surface area contributed by atoms with E-state index < -0.39 is 6.10 Å². The Kier molecular flexibility index (Phi) is 6.33. The molecule has 2 amide bonds. The second-order valence-corrected chi connectivity index (χ2v) is 6.50. The van der Waals surface area contributed by atoms with Crippen molar-refractivity contribution in [3.05, 3.63) is 18.0 Å². The lowest BCUT2D eigenvalue weighted by molar-refractivity contribution is -0.131. The summed E-state index contributed by atoms with van der Waals surface area (Å²) in [5.74, 6) is -0.0777. The zero-order valence-electron chi connectivity index (χ0n) is 14.6. The first-order chi connectivity index (χ1) is 11.4. The van der Waals surface area contributed by atoms with E-state index in [1.165, 1.54) is 4.90 Å². The van der Waals surface area contributed by atoms with Crippen molar-refractivity contribution in [1.29, 1.82) is 0 Å². The minimum Gasteiger partial charge on any atom is -0.390 e. The number of carbonyl (C=O) groups is 2. The van der Waals surface area contributed by atoms with Crippen LogP contribution in [0.5, 0.6) is 0 Å². The van der Waals surface area contributed by atoms with Crippen LogP contribution in [0.1, 0.15) is 18.5 Å². The zero-order chi connectivity index (χ0) is 17.7. The number of likely N-dealkylation sites (N-methyl/N-ethyl adjacent to an activating group) is 1. The Balaban J connectivity index is 1.74. The molecule has 0 radical (unpaired) electrons. The molecular weight excluding hydrogens is 310 g/mol. The normalized spacial score (nSPS) is 21.5. The van der Waals surface area contributed by atoms with Gasteiger partial charge in [0.25, 0.3) is 0 Å². The number of rotatable bonds is 6. The fourth-order valence-corrected chi connectivity index (χ4v) is 2.76. The Morgan fingerprint density at radius 3 is 2.79 bits per heavy atom. The first-order valence-corrected chi connectivity index (χ1v) is 8.25. The minimum absolute atomic E-state index is 0.0132. The lowest BCUT2D eigenvalue weighted by Crippen LogP contribution is -2.55. The Morgan fingerprint density at radius 2 is 2.21 bits per heavy atom. The molecule has 1 fully saturated rings. The Labute approximate surface area is 142 Å². The number of nitrogens with zero attached hydrogens (tertiary/aromatic N) is 4. The van der Waals surface area contributed by atoms with Crippen LogP contribution in [-0.4, -0.2) is 82.4 Å². The third-order valence-electron chi connectivity index (χ3n) is 4.35. The molecule has 1 saturated heterocycles. The average Bonchev–Trinajstić information content (AvgIpc) is 2.93. The van der Waals surface area contributed by atoms with Crippen molar-refractivity contribution in [1.82, 2.24) is 24.9 Å². The number of nitrogens with one attached hydrogen (secondary N) is 1. The highest BCUT2D eigenvalue weighted by atomic mass is 16.3. The van der Waals surface area contributed by atoms with Crippen LogP contribution in [0.25, 0.3) is 0 Å². The number of likely N-dealkylation sites (tertiary alicyclic amines) is 1. The summed E-state index contributed by atoms with van der Waals surface area (Å²) in [5, 5.41) is 17.3. The first-order valence-electron chi connectivity index (χ1n) is 8.25. The van der Waals surface area contributed by atoms with Gasteiger partial charge in [-0.1, -0.05) is 0 Å². The van der Waals surface area contributed by atoms with Crippen LogP contribution in [0, 0.1) is 6.92 Å². The highest BCUT2D eigenvalue weighted by Gasteiger charge is 2.29. The van der Waals surface area contributed by atoms with Crippen LogP contribution < -0.4 is 5.32 Å². The summed E-state index contributed by atoms with van der Waals surface area (Å²) in [6, 6.07) is 1.63. The highest BCUT2D eigenvalue weighted by molar-refractivity contribution is 5.77. The largest absolute Gasteiger partial charge is 0.390 e. The molecule has 0 unspecified atom stereocenters. The van der Waals surface area contributed by atoms with Gasteiger partial charge in [-0.15, -0.1) is 0 Å². The van der Waals surface area contributed by atoms with Gasteiger partial charge in [-0.3, -0.25) is 19.2 Å². The van der Waals surface area contributed by atoms with Gasteiger partial charge in [0, 0.05) is 52.0 Å². The van der Waals surface area contributed by atoms with Crippen molar-refractivity contribution in [3.63, 3.8) is 0 Å². The molecule has 1 aliphatic heterocycles. The smallest absolute Gasteiger partial charge is 0.236 e. The molecule has 0 bridgehead atoms. The lowest BCUT2D eigenvalue weighted by atomic mass is 10.0. The van der Waals surface area contributed by atoms with Crippen LogP contribution in [-0.2, 0) is 16.1 Å². The Bertz CT molecular complexity index is 572. The zero-order valence-corrected chi connectivity index (χ0v) is 14.6. The van der Waals surface area contributed by atoms with Gasteiger partial charge in [0.05, 0.1) is 18.7 Å². The predicted molar refractivity (Wildman–Crippen MR) is 89.3 cm³/mol. The molecule has 0 aliphatic carbocycles. The number of carbonyl (C=O) groups excluding carboxylic acids is 2. The number of amides is 2. The van der Waals surface area contributed by atoms with Crippen molar-refractivity contribution in [2.75, 3.05) is 33.7 Å². The summed E-state index contributed by atoms with van der Waals surface area (Å²) in [4.78, 5) is 27.3. The summed E-state index contributed by atoms with van der Waals surface area (Å²) in [5.41, 5.74) is 1.02. The number of piperidine rings is 1. The van der Waals surface area contributed by atoms with Crippen molar-refractivity contribution in [2.45, 2.75) is 38.5 Å². The molecule has 134 valence electrons. The van der Waals surface area contributed by atoms with Crippen LogP contribution >= 0.6 is 0 Å². The van der Waals surface area contributed by atoms with Crippen molar-refractivity contribution in [3.8, 4) is 0 Å². The average molecular weight is 337 g/mol. The van der Waals surface area contributed by atoms with E-state index in [-0.39, 0.29) is 17.9 Å². The summed E-state index contributed by atoms with van der Waals surface area (Å²) in [6.45, 7) is 3.84. The number of hydrogen-bond acceptors (Lipinski definition) is 5. The maximum atomic E-state index is 12.1. The molecule has 0 saturated carbocycles. The summed E-state index contributed by atoms with van der Waals surface area (Å²) in [6.07, 6.45) is 2.01. The molecule has 2 N–H and O–H groups in total. The molecule has 2 rings (SSSR count). The molecule has 2 heterocycles. The van der Waals surface area contributed by atoms with Crippen LogP contribution in [0.15, 0.2) is 12.3 Å². The summed E-state index contributed by atoms with van der Waals surface area (Å²) < 4.78 is 1.78. The number of aryl methyl sites for hydroxylation is 2. The van der Waals surface area contributed by atoms with Crippen LogP contribution in [0.2, 0.25) is 0 Å². The topological polar surface area (TPSA) is 90.7 Å². The fourth-order valence-electron chi connectivity index (χ4n) is 2.76. The minimum atomic E-state index is -0.663. The van der Waals surface area contributed by atoms with E-state index in [1.54, 1.807) is 25.0 Å². The quantitative estimate of drug-likeness (QED) is 0.711. The fraction of sp³-hybridized carbons (Fsp3) is 0.688. The third-order valence-corrected chi connectivity index (χ3v) is 4.35. The predicted octanol–water partition coefficient (Wildman–Crippen LogP) is -0.779. The van der Waals surface area contributed by atoms with Gasteiger partial charge in [-0.2, -0.15) is 5.10 Å². The van der Waals surface area contributed by atoms with Crippen LogP contribution in [0.3, 0.4) is 0 Å². The molecule has 1 aliphatic rings. The van der Waals surface area contributed by atoms with Gasteiger partial charge < -0.3 is 15.3 Å². The number of aliphatic hydroxyl groups excluding tert-OH is 1. The van der Waals surface area contributed by atoms with Gasteiger partial charge in [0.2, 0.25) is 11.8 Å². The monoisotopic (exact) mass is 337 g/mol.